The van der Waals surface area contributed by atoms with E-state index < -0.39 is 9.76 Å². The van der Waals surface area contributed by atoms with Crippen molar-refractivity contribution in [2.75, 3.05) is 0 Å². The molecule has 0 heterocycles. The quantitative estimate of drug-likeness (QED) is 0.571. The van der Waals surface area contributed by atoms with E-state index in [9.17, 15) is 0 Å². The normalized spacial score (nSPS) is 18.3. The summed E-state index contributed by atoms with van der Waals surface area (Å²) in [6.07, 6.45) is 7.63. The average Bonchev–Trinajstić information content (AvgIpc) is 2.32. The summed E-state index contributed by atoms with van der Waals surface area (Å²) < 4.78 is 5.74. The predicted octanol–water partition coefficient (Wildman–Crippen LogP) is 1.73. The molecule has 1 aliphatic carbocycles. The van der Waals surface area contributed by atoms with E-state index in [1.807, 2.05) is 0 Å². The molecule has 0 saturated carbocycles. The minimum Gasteiger partial charge on any atom is -0.414 e. The summed E-state index contributed by atoms with van der Waals surface area (Å²) in [6, 6.07) is 0. The van der Waals surface area contributed by atoms with Gasteiger partial charge in [0.25, 0.3) is 0 Å². The Bertz CT molecular complexity index is 186. The van der Waals surface area contributed by atoms with Crippen molar-refractivity contribution in [2.45, 2.75) is 32.8 Å². The third kappa shape index (κ3) is 3.53. The van der Waals surface area contributed by atoms with Crippen molar-refractivity contribution >= 4 is 9.76 Å². The van der Waals surface area contributed by atoms with Crippen molar-refractivity contribution in [3.05, 3.63) is 23.4 Å². The lowest BCUT2D eigenvalue weighted by atomic mass is 10.2. The molecule has 11 heavy (non-hydrogen) atoms. The first kappa shape index (κ1) is 8.75. The lowest BCUT2D eigenvalue weighted by Gasteiger charge is -2.20. The molecule has 1 aliphatic rings. The van der Waals surface area contributed by atoms with Crippen molar-refractivity contribution in [1.82, 2.24) is 0 Å². The summed E-state index contributed by atoms with van der Waals surface area (Å²) >= 11 is 0. The molecule has 0 radical (unpaired) electrons. The highest BCUT2D eigenvalue weighted by molar-refractivity contribution is 6.38. The maximum Gasteiger partial charge on any atom is 0.189 e. The van der Waals surface area contributed by atoms with Gasteiger partial charge in [0.15, 0.2) is 9.76 Å². The summed E-state index contributed by atoms with van der Waals surface area (Å²) in [6.45, 7) is 6.34. The fourth-order valence-electron chi connectivity index (χ4n) is 0.908. The first-order chi connectivity index (χ1) is 5.08. The zero-order valence-corrected chi connectivity index (χ0v) is 8.97. The van der Waals surface area contributed by atoms with E-state index in [4.69, 9.17) is 4.43 Å². The Morgan fingerprint density at radius 1 is 1.45 bits per heavy atom. The number of hydrogen-bond donors (Lipinski definition) is 0. The van der Waals surface area contributed by atoms with Crippen LogP contribution in [0.15, 0.2) is 23.4 Å². The molecule has 0 amide bonds. The molecule has 0 aliphatic heterocycles. The van der Waals surface area contributed by atoms with E-state index >= 15 is 0 Å². The highest BCUT2D eigenvalue weighted by Gasteiger charge is 2.11. The minimum absolute atomic E-state index is 0.0512. The molecular formula is C9H16OSi. The van der Waals surface area contributed by atoms with Gasteiger partial charge in [-0.2, -0.15) is 0 Å². The Morgan fingerprint density at radius 2 is 2.18 bits per heavy atom. The van der Waals surface area contributed by atoms with E-state index in [2.05, 4.69) is 39.0 Å². The Morgan fingerprint density at radius 3 is 2.64 bits per heavy atom. The summed E-state index contributed by atoms with van der Waals surface area (Å²) in [5.41, 5.74) is 0.0512. The van der Waals surface area contributed by atoms with Gasteiger partial charge in [-0.1, -0.05) is 23.4 Å². The largest absolute Gasteiger partial charge is 0.414 e. The van der Waals surface area contributed by atoms with Crippen LogP contribution in [-0.4, -0.2) is 15.4 Å². The van der Waals surface area contributed by atoms with Crippen LogP contribution >= 0.6 is 0 Å². The standard InChI is InChI=1S/C9H16OSi/c1-9(2,3)10-11-8-6-4-5-7-8/h4-6H,7,11H2,1-3H3. The molecular weight excluding hydrogens is 152 g/mol. The molecule has 0 N–H and O–H groups in total. The van der Waals surface area contributed by atoms with Gasteiger partial charge in [0.2, 0.25) is 0 Å². The van der Waals surface area contributed by atoms with Crippen LogP contribution in [0.3, 0.4) is 0 Å². The molecule has 0 unspecified atom stereocenters. The predicted molar refractivity (Wildman–Crippen MR) is 51.2 cm³/mol. The highest BCUT2D eigenvalue weighted by atomic mass is 28.2. The monoisotopic (exact) mass is 168 g/mol. The van der Waals surface area contributed by atoms with Crippen molar-refractivity contribution in [1.29, 1.82) is 0 Å². The van der Waals surface area contributed by atoms with Gasteiger partial charge >= 0.3 is 0 Å². The second-order valence-corrected chi connectivity index (χ2v) is 5.34. The molecule has 2 heteroatoms. The van der Waals surface area contributed by atoms with Crippen molar-refractivity contribution in [2.24, 2.45) is 0 Å². The Labute approximate surface area is 71.1 Å². The van der Waals surface area contributed by atoms with Crippen molar-refractivity contribution < 1.29 is 4.43 Å². The Kier molecular flexibility index (Phi) is 2.68. The molecule has 0 aromatic rings. The van der Waals surface area contributed by atoms with Crippen LogP contribution in [0, 0.1) is 0 Å². The first-order valence-electron chi connectivity index (χ1n) is 4.06. The van der Waals surface area contributed by atoms with Crippen LogP contribution in [-0.2, 0) is 4.43 Å². The zero-order valence-electron chi connectivity index (χ0n) is 7.55. The number of rotatable bonds is 2. The van der Waals surface area contributed by atoms with Gasteiger partial charge in [-0.15, -0.1) is 0 Å². The molecule has 62 valence electrons. The minimum atomic E-state index is -0.418. The maximum absolute atomic E-state index is 5.74. The van der Waals surface area contributed by atoms with Crippen LogP contribution in [0.25, 0.3) is 0 Å². The number of allylic oxidation sites excluding steroid dienone is 4. The lowest BCUT2D eigenvalue weighted by Crippen LogP contribution is -2.22. The summed E-state index contributed by atoms with van der Waals surface area (Å²) in [5, 5.41) is 1.51. The van der Waals surface area contributed by atoms with Gasteiger partial charge in [-0.25, -0.2) is 0 Å². The molecule has 1 rings (SSSR count). The van der Waals surface area contributed by atoms with Crippen molar-refractivity contribution in [3.8, 4) is 0 Å². The maximum atomic E-state index is 5.74. The topological polar surface area (TPSA) is 9.23 Å². The van der Waals surface area contributed by atoms with Crippen molar-refractivity contribution in [3.63, 3.8) is 0 Å². The molecule has 0 saturated heterocycles. The average molecular weight is 168 g/mol. The molecule has 0 spiro atoms. The van der Waals surface area contributed by atoms with Gasteiger partial charge in [-0.05, 0) is 27.2 Å². The van der Waals surface area contributed by atoms with Crippen LogP contribution in [0.4, 0.5) is 0 Å². The van der Waals surface area contributed by atoms with Crippen LogP contribution in [0.1, 0.15) is 27.2 Å². The first-order valence-corrected chi connectivity index (χ1v) is 5.35. The third-order valence-electron chi connectivity index (χ3n) is 1.54. The van der Waals surface area contributed by atoms with Crippen LogP contribution < -0.4 is 0 Å². The van der Waals surface area contributed by atoms with E-state index in [-0.39, 0.29) is 5.60 Å². The smallest absolute Gasteiger partial charge is 0.189 e. The van der Waals surface area contributed by atoms with Gasteiger partial charge in [0.1, 0.15) is 0 Å². The molecule has 0 bridgehead atoms. The summed E-state index contributed by atoms with van der Waals surface area (Å²) in [7, 11) is -0.418. The Hall–Kier alpha value is -0.343. The van der Waals surface area contributed by atoms with Gasteiger partial charge in [0, 0.05) is 5.60 Å². The molecule has 0 fully saturated rings. The lowest BCUT2D eigenvalue weighted by molar-refractivity contribution is 0.140. The van der Waals surface area contributed by atoms with E-state index in [1.54, 1.807) is 0 Å². The molecule has 0 aromatic heterocycles. The second-order valence-electron chi connectivity index (χ2n) is 3.86. The number of hydrogen-bond acceptors (Lipinski definition) is 1. The SMILES string of the molecule is CC(C)(C)O[SiH2]C1=CC=CC1. The molecule has 0 atom stereocenters. The highest BCUT2D eigenvalue weighted by Crippen LogP contribution is 2.13. The van der Waals surface area contributed by atoms with E-state index in [0.717, 1.165) is 6.42 Å². The van der Waals surface area contributed by atoms with Gasteiger partial charge in [0.05, 0.1) is 0 Å². The molecule has 1 nitrogen and oxygen atoms in total. The van der Waals surface area contributed by atoms with Crippen LogP contribution in [0.5, 0.6) is 0 Å². The van der Waals surface area contributed by atoms with Gasteiger partial charge in [-0.3, -0.25) is 0 Å². The summed E-state index contributed by atoms with van der Waals surface area (Å²) in [5.74, 6) is 0. The fourth-order valence-corrected chi connectivity index (χ4v) is 2.04. The van der Waals surface area contributed by atoms with E-state index in [1.165, 1.54) is 5.20 Å². The van der Waals surface area contributed by atoms with Crippen LogP contribution in [0.2, 0.25) is 0 Å². The Balaban J connectivity index is 2.23. The summed E-state index contributed by atoms with van der Waals surface area (Å²) in [4.78, 5) is 0. The second kappa shape index (κ2) is 3.37. The molecule has 0 aromatic carbocycles. The van der Waals surface area contributed by atoms with E-state index in [0.29, 0.717) is 0 Å². The third-order valence-corrected chi connectivity index (χ3v) is 3.44. The zero-order chi connectivity index (χ0) is 8.32. The fraction of sp³-hybridized carbons (Fsp3) is 0.556. The van der Waals surface area contributed by atoms with Gasteiger partial charge < -0.3 is 4.43 Å².